The molecule has 1 radical (unpaired) electrons. The van der Waals surface area contributed by atoms with Crippen LogP contribution in [-0.2, 0) is 0 Å². The van der Waals surface area contributed by atoms with Gasteiger partial charge in [-0.2, -0.15) is 0 Å². The van der Waals surface area contributed by atoms with E-state index in [2.05, 4.69) is 12.7 Å². The van der Waals surface area contributed by atoms with Gasteiger partial charge >= 0.3 is 0 Å². The third-order valence-corrected chi connectivity index (χ3v) is 2.78. The van der Waals surface area contributed by atoms with Crippen LogP contribution in [0.3, 0.4) is 0 Å². The maximum atomic E-state index is 3.87. The molecule has 0 unspecified atom stereocenters. The molecule has 0 aromatic carbocycles. The molecule has 1 rings (SSSR count). The monoisotopic (exact) mass is 165 g/mol. The molecule has 0 saturated heterocycles. The molecule has 1 saturated carbocycles. The van der Waals surface area contributed by atoms with Gasteiger partial charge in [0.1, 0.15) is 0 Å². The minimum absolute atomic E-state index is 1.31. The zero-order valence-electron chi connectivity index (χ0n) is 8.15. The first-order valence-electron chi connectivity index (χ1n) is 5.40. The molecule has 0 aromatic heterocycles. The first-order valence-corrected chi connectivity index (χ1v) is 5.40. The van der Waals surface area contributed by atoms with Crippen LogP contribution in [0, 0.1) is 5.92 Å². The number of hydrogen-bond acceptors (Lipinski definition) is 0. The van der Waals surface area contributed by atoms with Gasteiger partial charge < -0.3 is 0 Å². The van der Waals surface area contributed by atoms with Gasteiger partial charge in [-0.25, -0.2) is 0 Å². The number of rotatable bonds is 1. The zero-order valence-corrected chi connectivity index (χ0v) is 8.15. The summed E-state index contributed by atoms with van der Waals surface area (Å²) in [5, 5.41) is 0. The largest absolute Gasteiger partial charge is 0.102 e. The maximum Gasteiger partial charge on any atom is -0.00301 e. The van der Waals surface area contributed by atoms with Crippen LogP contribution in [0.5, 0.6) is 0 Å². The van der Waals surface area contributed by atoms with Gasteiger partial charge in [0.15, 0.2) is 0 Å². The first-order chi connectivity index (χ1) is 5.93. The topological polar surface area (TPSA) is 0 Å². The van der Waals surface area contributed by atoms with E-state index in [1.807, 2.05) is 0 Å². The molecule has 0 nitrogen and oxygen atoms in total. The summed E-state index contributed by atoms with van der Waals surface area (Å²) < 4.78 is 0. The third-order valence-electron chi connectivity index (χ3n) is 2.78. The zero-order chi connectivity index (χ0) is 8.65. The predicted octanol–water partition coefficient (Wildman–Crippen LogP) is 4.27. The molecule has 0 bridgehead atoms. The van der Waals surface area contributed by atoms with Crippen LogP contribution in [-0.4, -0.2) is 0 Å². The predicted molar refractivity (Wildman–Crippen MR) is 55.0 cm³/mol. The van der Waals surface area contributed by atoms with Crippen molar-refractivity contribution in [1.29, 1.82) is 0 Å². The van der Waals surface area contributed by atoms with Crippen molar-refractivity contribution in [3.05, 3.63) is 18.6 Å². The number of allylic oxidation sites excluding steroid dienone is 1. The van der Waals surface area contributed by atoms with E-state index in [-0.39, 0.29) is 0 Å². The maximum absolute atomic E-state index is 3.87. The van der Waals surface area contributed by atoms with E-state index in [0.29, 0.717) is 0 Å². The third kappa shape index (κ3) is 3.94. The van der Waals surface area contributed by atoms with Crippen molar-refractivity contribution in [2.75, 3.05) is 0 Å². The second-order valence-corrected chi connectivity index (χ2v) is 3.84. The molecule has 0 atom stereocenters. The lowest BCUT2D eigenvalue weighted by Gasteiger charge is -2.13. The Balaban J connectivity index is 2.21. The van der Waals surface area contributed by atoms with Gasteiger partial charge in [-0.3, -0.25) is 0 Å². The smallest absolute Gasteiger partial charge is 0.00301 e. The minimum atomic E-state index is 1.31. The Hall–Kier alpha value is -0.260. The molecule has 0 heteroatoms. The van der Waals surface area contributed by atoms with Gasteiger partial charge in [-0.15, -0.1) is 6.58 Å². The van der Waals surface area contributed by atoms with Gasteiger partial charge in [-0.1, -0.05) is 51.0 Å². The Morgan fingerprint density at radius 1 is 0.750 bits per heavy atom. The van der Waals surface area contributed by atoms with E-state index in [9.17, 15) is 0 Å². The van der Waals surface area contributed by atoms with Gasteiger partial charge in [0.25, 0.3) is 0 Å². The quantitative estimate of drug-likeness (QED) is 0.544. The highest BCUT2D eigenvalue weighted by atomic mass is 14.1. The van der Waals surface area contributed by atoms with Crippen LogP contribution in [0.25, 0.3) is 0 Å². The Kier molecular flexibility index (Phi) is 5.14. The van der Waals surface area contributed by atoms with E-state index in [4.69, 9.17) is 0 Å². The molecule has 1 aliphatic rings. The summed E-state index contributed by atoms with van der Waals surface area (Å²) in [6, 6.07) is 0. The summed E-state index contributed by atoms with van der Waals surface area (Å²) in [4.78, 5) is 0. The van der Waals surface area contributed by atoms with E-state index in [1.165, 1.54) is 57.8 Å². The van der Waals surface area contributed by atoms with Gasteiger partial charge in [0.2, 0.25) is 0 Å². The summed E-state index contributed by atoms with van der Waals surface area (Å²) in [6.07, 6.45) is 14.7. The molecule has 0 aromatic rings. The van der Waals surface area contributed by atoms with Crippen LogP contribution in [0.1, 0.15) is 57.8 Å². The summed E-state index contributed by atoms with van der Waals surface area (Å²) in [7, 11) is 0. The van der Waals surface area contributed by atoms with Crippen LogP contribution in [0.2, 0.25) is 0 Å². The Bertz CT molecular complexity index is 105. The summed E-state index contributed by atoms with van der Waals surface area (Å²) in [5.41, 5.74) is 0. The van der Waals surface area contributed by atoms with Crippen molar-refractivity contribution in [2.45, 2.75) is 57.8 Å². The van der Waals surface area contributed by atoms with E-state index < -0.39 is 0 Å². The van der Waals surface area contributed by atoms with Crippen molar-refractivity contribution in [3.8, 4) is 0 Å². The van der Waals surface area contributed by atoms with Crippen LogP contribution >= 0.6 is 0 Å². The Morgan fingerprint density at radius 3 is 1.58 bits per heavy atom. The average molecular weight is 165 g/mol. The summed E-state index contributed by atoms with van der Waals surface area (Å²) >= 11 is 0. The SMILES string of the molecule is C=C[C]1CCCCCCCCC1. The summed E-state index contributed by atoms with van der Waals surface area (Å²) in [6.45, 7) is 3.87. The molecule has 0 aliphatic heterocycles. The van der Waals surface area contributed by atoms with Crippen molar-refractivity contribution < 1.29 is 0 Å². The Labute approximate surface area is 77.1 Å². The minimum Gasteiger partial charge on any atom is -0.102 e. The summed E-state index contributed by atoms with van der Waals surface area (Å²) in [5.74, 6) is 1.59. The fourth-order valence-electron chi connectivity index (χ4n) is 1.92. The van der Waals surface area contributed by atoms with E-state index >= 15 is 0 Å². The fourth-order valence-corrected chi connectivity index (χ4v) is 1.92. The van der Waals surface area contributed by atoms with Crippen molar-refractivity contribution in [1.82, 2.24) is 0 Å². The van der Waals surface area contributed by atoms with Crippen LogP contribution < -0.4 is 0 Å². The number of hydrogen-bond donors (Lipinski definition) is 0. The lowest BCUT2D eigenvalue weighted by molar-refractivity contribution is 0.533. The molecule has 0 heterocycles. The van der Waals surface area contributed by atoms with E-state index in [1.54, 1.807) is 5.92 Å². The molecule has 1 fully saturated rings. The van der Waals surface area contributed by atoms with Gasteiger partial charge in [0, 0.05) is 0 Å². The van der Waals surface area contributed by atoms with Crippen molar-refractivity contribution in [3.63, 3.8) is 0 Å². The van der Waals surface area contributed by atoms with Crippen LogP contribution in [0.4, 0.5) is 0 Å². The normalized spacial score (nSPS) is 23.3. The Morgan fingerprint density at radius 2 is 1.17 bits per heavy atom. The second-order valence-electron chi connectivity index (χ2n) is 3.84. The second kappa shape index (κ2) is 6.28. The molecular weight excluding hydrogens is 144 g/mol. The average Bonchev–Trinajstić information content (AvgIpc) is 2.14. The molecule has 0 spiro atoms. The molecule has 69 valence electrons. The highest BCUT2D eigenvalue weighted by molar-refractivity contribution is 5.05. The highest BCUT2D eigenvalue weighted by Crippen LogP contribution is 2.23. The van der Waals surface area contributed by atoms with Crippen molar-refractivity contribution in [2.24, 2.45) is 0 Å². The molecule has 1 aliphatic carbocycles. The van der Waals surface area contributed by atoms with Gasteiger partial charge in [-0.05, 0) is 18.8 Å². The highest BCUT2D eigenvalue weighted by Gasteiger charge is 2.05. The van der Waals surface area contributed by atoms with E-state index in [0.717, 1.165) is 0 Å². The molecular formula is C12H21. The lowest BCUT2D eigenvalue weighted by Crippen LogP contribution is -1.96. The standard InChI is InChI=1S/C12H21/c1-2-12-10-8-6-4-3-5-7-9-11-12/h2H,1,3-11H2. The molecule has 12 heavy (non-hydrogen) atoms. The lowest BCUT2D eigenvalue weighted by atomic mass is 9.92. The molecule has 0 N–H and O–H groups in total. The first kappa shape index (κ1) is 9.83. The molecule has 0 amide bonds. The van der Waals surface area contributed by atoms with Crippen molar-refractivity contribution >= 4 is 0 Å². The fraction of sp³-hybridized carbons (Fsp3) is 0.750. The van der Waals surface area contributed by atoms with Gasteiger partial charge in [0.05, 0.1) is 0 Å². The van der Waals surface area contributed by atoms with Crippen LogP contribution in [0.15, 0.2) is 12.7 Å².